The summed E-state index contributed by atoms with van der Waals surface area (Å²) in [5.74, 6) is 0.796. The van der Waals surface area contributed by atoms with Crippen molar-refractivity contribution in [3.8, 4) is 5.75 Å². The van der Waals surface area contributed by atoms with Gasteiger partial charge in [0.1, 0.15) is 17.4 Å². The van der Waals surface area contributed by atoms with Gasteiger partial charge >= 0.3 is 0 Å². The highest BCUT2D eigenvalue weighted by Crippen LogP contribution is 2.20. The molecule has 1 aromatic heterocycles. The van der Waals surface area contributed by atoms with Gasteiger partial charge in [-0.1, -0.05) is 11.6 Å². The second-order valence-electron chi connectivity index (χ2n) is 5.86. The lowest BCUT2D eigenvalue weighted by Crippen LogP contribution is -2.34. The number of ether oxygens (including phenoxy) is 1. The van der Waals surface area contributed by atoms with Gasteiger partial charge in [0.05, 0.1) is 11.8 Å². The predicted octanol–water partition coefficient (Wildman–Crippen LogP) is 3.77. The van der Waals surface area contributed by atoms with Crippen LogP contribution in [0.25, 0.3) is 0 Å². The second kappa shape index (κ2) is 8.11. The van der Waals surface area contributed by atoms with Gasteiger partial charge in [-0.15, -0.1) is 11.3 Å². The number of aromatic nitrogens is 1. The van der Waals surface area contributed by atoms with Crippen molar-refractivity contribution in [3.05, 3.63) is 45.4 Å². The van der Waals surface area contributed by atoms with Gasteiger partial charge in [0.25, 0.3) is 0 Å². The zero-order valence-corrected chi connectivity index (χ0v) is 14.4. The molecular weight excluding hydrogens is 332 g/mol. The molecule has 124 valence electrons. The number of nitrogens with one attached hydrogen (secondary N) is 1. The highest BCUT2D eigenvalue weighted by molar-refractivity contribution is 7.09. The highest BCUT2D eigenvalue weighted by atomic mass is 35.5. The Morgan fingerprint density at radius 3 is 2.70 bits per heavy atom. The van der Waals surface area contributed by atoms with Crippen LogP contribution in [0.1, 0.15) is 36.4 Å². The van der Waals surface area contributed by atoms with E-state index in [1.54, 1.807) is 11.3 Å². The first-order valence-corrected chi connectivity index (χ1v) is 9.18. The van der Waals surface area contributed by atoms with E-state index in [0.717, 1.165) is 48.7 Å². The van der Waals surface area contributed by atoms with Crippen molar-refractivity contribution in [2.24, 2.45) is 0 Å². The van der Waals surface area contributed by atoms with E-state index in [9.17, 15) is 5.11 Å². The summed E-state index contributed by atoms with van der Waals surface area (Å²) >= 11 is 7.47. The number of aliphatic hydroxyl groups excluding tert-OH is 1. The first-order valence-electron chi connectivity index (χ1n) is 7.92. The lowest BCUT2D eigenvalue weighted by molar-refractivity contribution is 0.116. The van der Waals surface area contributed by atoms with E-state index in [-0.39, 0.29) is 6.10 Å². The van der Waals surface area contributed by atoms with Gasteiger partial charge in [-0.3, -0.25) is 0 Å². The zero-order valence-electron chi connectivity index (χ0n) is 12.9. The molecule has 23 heavy (non-hydrogen) atoms. The first-order chi connectivity index (χ1) is 11.2. The molecule has 0 atom stereocenters. The molecule has 2 aromatic rings. The van der Waals surface area contributed by atoms with Crippen LogP contribution in [0.3, 0.4) is 0 Å². The maximum Gasteiger partial charge on any atom is 0.140 e. The van der Waals surface area contributed by atoms with Gasteiger partial charge in [0.2, 0.25) is 0 Å². The second-order valence-corrected chi connectivity index (χ2v) is 7.24. The Kier molecular flexibility index (Phi) is 5.89. The number of hydrogen-bond acceptors (Lipinski definition) is 5. The lowest BCUT2D eigenvalue weighted by Gasteiger charge is -2.25. The minimum Gasteiger partial charge on any atom is -0.486 e. The molecule has 0 radical (unpaired) electrons. The molecule has 0 aliphatic heterocycles. The van der Waals surface area contributed by atoms with Crippen molar-refractivity contribution in [1.82, 2.24) is 10.3 Å². The summed E-state index contributed by atoms with van der Waals surface area (Å²) in [6, 6.07) is 7.84. The number of rotatable bonds is 6. The smallest absolute Gasteiger partial charge is 0.140 e. The van der Waals surface area contributed by atoms with Crippen molar-refractivity contribution in [2.75, 3.05) is 0 Å². The van der Waals surface area contributed by atoms with E-state index < -0.39 is 0 Å². The van der Waals surface area contributed by atoms with Crippen LogP contribution in [-0.2, 0) is 13.2 Å². The van der Waals surface area contributed by atoms with Crippen LogP contribution in [0.15, 0.2) is 29.6 Å². The number of hydrogen-bond donors (Lipinski definition) is 2. The largest absolute Gasteiger partial charge is 0.486 e. The average Bonchev–Trinajstić information content (AvgIpc) is 3.02. The fraction of sp³-hybridized carbons (Fsp3) is 0.471. The molecule has 0 bridgehead atoms. The van der Waals surface area contributed by atoms with Gasteiger partial charge in [-0.05, 0) is 49.9 Å². The van der Waals surface area contributed by atoms with Crippen LogP contribution in [0.5, 0.6) is 5.75 Å². The molecular formula is C17H21ClN2O2S. The monoisotopic (exact) mass is 352 g/mol. The fourth-order valence-corrected chi connectivity index (χ4v) is 3.53. The molecule has 0 spiro atoms. The van der Waals surface area contributed by atoms with Crippen LogP contribution in [0.2, 0.25) is 5.02 Å². The minimum absolute atomic E-state index is 0.107. The Balaban J connectivity index is 1.43. The minimum atomic E-state index is -0.107. The van der Waals surface area contributed by atoms with E-state index in [0.29, 0.717) is 17.7 Å². The van der Waals surface area contributed by atoms with E-state index in [4.69, 9.17) is 16.3 Å². The van der Waals surface area contributed by atoms with E-state index in [1.807, 2.05) is 24.3 Å². The fourth-order valence-electron chi connectivity index (χ4n) is 2.70. The van der Waals surface area contributed by atoms with Crippen molar-refractivity contribution in [2.45, 2.75) is 51.0 Å². The maximum atomic E-state index is 9.52. The molecule has 2 N–H and O–H groups in total. The summed E-state index contributed by atoms with van der Waals surface area (Å²) in [4.78, 5) is 4.60. The Labute approximate surface area is 145 Å². The molecule has 0 unspecified atom stereocenters. The molecule has 3 rings (SSSR count). The van der Waals surface area contributed by atoms with Crippen LogP contribution < -0.4 is 10.1 Å². The summed E-state index contributed by atoms with van der Waals surface area (Å²) in [5.41, 5.74) is 1.05. The van der Waals surface area contributed by atoms with Gasteiger partial charge in [-0.2, -0.15) is 0 Å². The van der Waals surface area contributed by atoms with Crippen molar-refractivity contribution in [1.29, 1.82) is 0 Å². The molecule has 1 heterocycles. The van der Waals surface area contributed by atoms with Gasteiger partial charge < -0.3 is 15.2 Å². The van der Waals surface area contributed by atoms with Gasteiger partial charge in [-0.25, -0.2) is 4.98 Å². The van der Waals surface area contributed by atoms with Crippen LogP contribution in [-0.4, -0.2) is 22.2 Å². The third-order valence-corrected chi connectivity index (χ3v) is 5.17. The van der Waals surface area contributed by atoms with Gasteiger partial charge in [0.15, 0.2) is 0 Å². The Morgan fingerprint density at radius 1 is 1.22 bits per heavy atom. The number of benzene rings is 1. The first kappa shape index (κ1) is 16.7. The molecule has 6 heteroatoms. The average molecular weight is 353 g/mol. The molecule has 1 fully saturated rings. The van der Waals surface area contributed by atoms with Crippen molar-refractivity contribution in [3.63, 3.8) is 0 Å². The van der Waals surface area contributed by atoms with E-state index in [1.165, 1.54) is 0 Å². The number of nitrogens with zero attached hydrogens (tertiary/aromatic N) is 1. The summed E-state index contributed by atoms with van der Waals surface area (Å²) in [5, 5.41) is 16.8. The Morgan fingerprint density at radius 2 is 1.96 bits per heavy atom. The van der Waals surface area contributed by atoms with Crippen LogP contribution in [0, 0.1) is 0 Å². The summed E-state index contributed by atoms with van der Waals surface area (Å²) in [6.07, 6.45) is 3.77. The maximum absolute atomic E-state index is 9.52. The summed E-state index contributed by atoms with van der Waals surface area (Å²) < 4.78 is 5.71. The molecule has 0 saturated heterocycles. The van der Waals surface area contributed by atoms with Crippen LogP contribution >= 0.6 is 22.9 Å². The summed E-state index contributed by atoms with van der Waals surface area (Å²) in [7, 11) is 0. The quantitative estimate of drug-likeness (QED) is 0.831. The van der Waals surface area contributed by atoms with Gasteiger partial charge in [0, 0.05) is 23.0 Å². The molecule has 4 nitrogen and oxygen atoms in total. The molecule has 1 aliphatic carbocycles. The Hall–Kier alpha value is -1.14. The highest BCUT2D eigenvalue weighted by Gasteiger charge is 2.18. The normalized spacial score (nSPS) is 21.3. The zero-order chi connectivity index (χ0) is 16.1. The Bertz CT molecular complexity index is 609. The third kappa shape index (κ3) is 5.18. The van der Waals surface area contributed by atoms with Crippen molar-refractivity contribution >= 4 is 22.9 Å². The van der Waals surface area contributed by atoms with Crippen molar-refractivity contribution < 1.29 is 9.84 Å². The molecule has 1 aromatic carbocycles. The lowest BCUT2D eigenvalue weighted by atomic mass is 9.93. The van der Waals surface area contributed by atoms with E-state index >= 15 is 0 Å². The molecule has 0 amide bonds. The third-order valence-electron chi connectivity index (χ3n) is 4.04. The number of halogens is 1. The number of aliphatic hydroxyl groups is 1. The SMILES string of the molecule is OC1CCC(NCc2csc(COc3ccc(Cl)cc3)n2)CC1. The van der Waals surface area contributed by atoms with E-state index in [2.05, 4.69) is 15.7 Å². The topological polar surface area (TPSA) is 54.4 Å². The molecule has 1 saturated carbocycles. The van der Waals surface area contributed by atoms with Crippen LogP contribution in [0.4, 0.5) is 0 Å². The number of thiazole rings is 1. The molecule has 1 aliphatic rings. The standard InChI is InChI=1S/C17H21ClN2O2S/c18-12-1-7-16(8-2-12)22-10-17-20-14(11-23-17)9-19-13-3-5-15(21)6-4-13/h1-2,7-8,11,13,15,19,21H,3-6,9-10H2. The predicted molar refractivity (Wildman–Crippen MR) is 93.0 cm³/mol. The summed E-state index contributed by atoms with van der Waals surface area (Å²) in [6.45, 7) is 1.25.